The molecule has 0 atom stereocenters. The molecule has 1 saturated heterocycles. The number of aliphatic imine (C=N–C) groups is 1. The van der Waals surface area contributed by atoms with Gasteiger partial charge in [-0.1, -0.05) is 23.4 Å². The number of rotatable bonds is 5. The number of nitrogens with zero attached hydrogens (tertiary/aromatic N) is 4. The second-order valence-corrected chi connectivity index (χ2v) is 8.02. The number of hydrogen-bond donors (Lipinski definition) is 1. The van der Waals surface area contributed by atoms with Crippen LogP contribution in [0.4, 0.5) is 23.2 Å². The van der Waals surface area contributed by atoms with Gasteiger partial charge in [-0.05, 0) is 12.1 Å². The molecule has 1 N–H and O–H groups in total. The quantitative estimate of drug-likeness (QED) is 0.620. The van der Waals surface area contributed by atoms with Gasteiger partial charge in [-0.15, -0.1) is 0 Å². The molecule has 0 aliphatic carbocycles. The van der Waals surface area contributed by atoms with Crippen LogP contribution in [0.1, 0.15) is 12.1 Å². The molecule has 1 aliphatic rings. The molecule has 3 rings (SSSR count). The van der Waals surface area contributed by atoms with Gasteiger partial charge in [-0.3, -0.25) is 23.9 Å². The number of thioether (sulfide) groups is 1. The largest absolute Gasteiger partial charge is 0.481 e. The molecule has 0 unspecified atom stereocenters. The van der Waals surface area contributed by atoms with Gasteiger partial charge in [0.1, 0.15) is 11.5 Å². The zero-order valence-corrected chi connectivity index (χ0v) is 18.1. The SMILES string of the molecule is Cn1c(C(F)(F)F)cc(=O)n(-c2cc(/N=C3\SCC(=O)N3CCC(=O)O)c(Cl)cc2F)c1=O. The van der Waals surface area contributed by atoms with E-state index < -0.39 is 46.5 Å². The summed E-state index contributed by atoms with van der Waals surface area (Å²) in [5, 5.41) is 8.61. The summed E-state index contributed by atoms with van der Waals surface area (Å²) >= 11 is 6.96. The molecule has 33 heavy (non-hydrogen) atoms. The molecular weight excluding hydrogens is 496 g/mol. The van der Waals surface area contributed by atoms with Gasteiger partial charge in [0.15, 0.2) is 5.17 Å². The number of halogens is 5. The second-order valence-electron chi connectivity index (χ2n) is 6.67. The summed E-state index contributed by atoms with van der Waals surface area (Å²) in [6, 6.07) is 1.74. The molecule has 0 spiro atoms. The third kappa shape index (κ3) is 4.95. The number of amidine groups is 1. The van der Waals surface area contributed by atoms with Crippen molar-refractivity contribution in [1.29, 1.82) is 0 Å². The van der Waals surface area contributed by atoms with Crippen molar-refractivity contribution in [2.24, 2.45) is 12.0 Å². The number of carbonyl (C=O) groups is 2. The predicted octanol–water partition coefficient (Wildman–Crippen LogP) is 2.39. The van der Waals surface area contributed by atoms with Crippen LogP contribution in [-0.2, 0) is 22.8 Å². The number of benzene rings is 1. The Morgan fingerprint density at radius 2 is 1.91 bits per heavy atom. The molecule has 1 fully saturated rings. The molecule has 9 nitrogen and oxygen atoms in total. The van der Waals surface area contributed by atoms with Gasteiger partial charge in [-0.25, -0.2) is 18.7 Å². The van der Waals surface area contributed by atoms with Gasteiger partial charge in [0.2, 0.25) is 5.91 Å². The summed E-state index contributed by atoms with van der Waals surface area (Å²) in [6.45, 7) is -0.190. The highest BCUT2D eigenvalue weighted by Gasteiger charge is 2.35. The Hall–Kier alpha value is -3.13. The number of amides is 1. The van der Waals surface area contributed by atoms with E-state index in [-0.39, 0.29) is 49.8 Å². The van der Waals surface area contributed by atoms with Crippen LogP contribution in [0.25, 0.3) is 5.69 Å². The Morgan fingerprint density at radius 1 is 1.24 bits per heavy atom. The average molecular weight is 509 g/mol. The summed E-state index contributed by atoms with van der Waals surface area (Å²) in [4.78, 5) is 52.8. The van der Waals surface area contributed by atoms with E-state index in [1.165, 1.54) is 0 Å². The maximum Gasteiger partial charge on any atom is 0.431 e. The van der Waals surface area contributed by atoms with Crippen molar-refractivity contribution in [2.45, 2.75) is 12.6 Å². The smallest absolute Gasteiger partial charge is 0.431 e. The first-order valence-corrected chi connectivity index (χ1v) is 10.3. The highest BCUT2D eigenvalue weighted by Crippen LogP contribution is 2.33. The van der Waals surface area contributed by atoms with Crippen molar-refractivity contribution < 1.29 is 32.3 Å². The minimum Gasteiger partial charge on any atom is -0.481 e. The number of hydrogen-bond acceptors (Lipinski definition) is 6. The normalized spacial score (nSPS) is 15.5. The molecule has 0 saturated carbocycles. The van der Waals surface area contributed by atoms with Crippen molar-refractivity contribution in [3.05, 3.63) is 55.6 Å². The monoisotopic (exact) mass is 508 g/mol. The minimum atomic E-state index is -4.99. The van der Waals surface area contributed by atoms with Crippen LogP contribution in [0, 0.1) is 5.82 Å². The van der Waals surface area contributed by atoms with E-state index in [9.17, 15) is 36.7 Å². The van der Waals surface area contributed by atoms with Gasteiger partial charge in [0, 0.05) is 19.7 Å². The van der Waals surface area contributed by atoms with Crippen LogP contribution in [0.2, 0.25) is 5.02 Å². The van der Waals surface area contributed by atoms with Gasteiger partial charge in [0.25, 0.3) is 5.56 Å². The number of carbonyl (C=O) groups excluding carboxylic acids is 1. The average Bonchev–Trinajstić information content (AvgIpc) is 3.04. The fraction of sp³-hybridized carbons (Fsp3) is 0.278. The van der Waals surface area contributed by atoms with Crippen LogP contribution >= 0.6 is 23.4 Å². The summed E-state index contributed by atoms with van der Waals surface area (Å²) in [7, 11) is 0.775. The topological polar surface area (TPSA) is 114 Å². The maximum absolute atomic E-state index is 14.6. The molecule has 0 radical (unpaired) electrons. The van der Waals surface area contributed by atoms with Crippen molar-refractivity contribution in [1.82, 2.24) is 14.0 Å². The van der Waals surface area contributed by atoms with Crippen molar-refractivity contribution in [2.75, 3.05) is 12.3 Å². The summed E-state index contributed by atoms with van der Waals surface area (Å²) in [6.07, 6.45) is -5.36. The van der Waals surface area contributed by atoms with Crippen LogP contribution in [0.3, 0.4) is 0 Å². The molecular formula is C18H13ClF4N4O5S. The molecule has 1 aromatic carbocycles. The molecule has 0 bridgehead atoms. The Morgan fingerprint density at radius 3 is 2.52 bits per heavy atom. The lowest BCUT2D eigenvalue weighted by Crippen LogP contribution is -2.41. The van der Waals surface area contributed by atoms with Crippen molar-refractivity contribution in [3.8, 4) is 5.69 Å². The fourth-order valence-corrected chi connectivity index (χ4v) is 4.03. The summed E-state index contributed by atoms with van der Waals surface area (Å²) in [5.41, 5.74) is -5.30. The second kappa shape index (κ2) is 9.02. The van der Waals surface area contributed by atoms with E-state index in [1.54, 1.807) is 0 Å². The Labute approximate surface area is 190 Å². The van der Waals surface area contributed by atoms with E-state index in [0.717, 1.165) is 29.8 Å². The Kier molecular flexibility index (Phi) is 6.70. The lowest BCUT2D eigenvalue weighted by Gasteiger charge is -2.16. The predicted molar refractivity (Wildman–Crippen MR) is 111 cm³/mol. The van der Waals surface area contributed by atoms with E-state index in [2.05, 4.69) is 4.99 Å². The van der Waals surface area contributed by atoms with Gasteiger partial charge >= 0.3 is 17.8 Å². The molecule has 1 aromatic heterocycles. The van der Waals surface area contributed by atoms with Crippen LogP contribution in [-0.4, -0.2) is 48.5 Å². The standard InChI is InChI=1S/C18H13ClF4N4O5S/c1-25-12(18(21,22)23)6-13(28)27(17(25)32)11-5-10(8(19)4-9(11)20)24-16-26(3-2-15(30)31)14(29)7-33-16/h4-6H,2-3,7H2,1H3,(H,30,31)/b24-16-. The lowest BCUT2D eigenvalue weighted by atomic mass is 10.2. The third-order valence-corrected chi connectivity index (χ3v) is 5.75. The van der Waals surface area contributed by atoms with Crippen LogP contribution in [0.15, 0.2) is 32.8 Å². The molecule has 1 aliphatic heterocycles. The zero-order chi connectivity index (χ0) is 24.7. The van der Waals surface area contributed by atoms with Gasteiger partial charge in [0.05, 0.1) is 28.6 Å². The first-order valence-electron chi connectivity index (χ1n) is 8.94. The van der Waals surface area contributed by atoms with E-state index in [0.29, 0.717) is 6.07 Å². The Bertz CT molecular complexity index is 1300. The van der Waals surface area contributed by atoms with E-state index in [1.807, 2.05) is 0 Å². The molecule has 2 aromatic rings. The van der Waals surface area contributed by atoms with Crippen LogP contribution < -0.4 is 11.2 Å². The molecule has 1 amide bonds. The van der Waals surface area contributed by atoms with E-state index >= 15 is 0 Å². The van der Waals surface area contributed by atoms with Crippen LogP contribution in [0.5, 0.6) is 0 Å². The Balaban J connectivity index is 2.14. The summed E-state index contributed by atoms with van der Waals surface area (Å²) in [5.74, 6) is -2.80. The first kappa shape index (κ1) is 24.5. The first-order chi connectivity index (χ1) is 15.3. The number of carboxylic acids is 1. The number of alkyl halides is 3. The number of aliphatic carboxylic acids is 1. The van der Waals surface area contributed by atoms with Gasteiger partial charge in [-0.2, -0.15) is 13.2 Å². The highest BCUT2D eigenvalue weighted by atomic mass is 35.5. The van der Waals surface area contributed by atoms with E-state index in [4.69, 9.17) is 16.7 Å². The fourth-order valence-electron chi connectivity index (χ4n) is 2.92. The number of carboxylic acid groups (broad SMARTS) is 1. The van der Waals surface area contributed by atoms with Crippen molar-refractivity contribution >= 4 is 46.1 Å². The zero-order valence-electron chi connectivity index (χ0n) is 16.5. The minimum absolute atomic E-state index is 0.0387. The van der Waals surface area contributed by atoms with Gasteiger partial charge < -0.3 is 5.11 Å². The highest BCUT2D eigenvalue weighted by molar-refractivity contribution is 8.15. The lowest BCUT2D eigenvalue weighted by molar-refractivity contribution is -0.144. The molecule has 15 heteroatoms. The number of aromatic nitrogens is 2. The molecule has 176 valence electrons. The maximum atomic E-state index is 14.6. The van der Waals surface area contributed by atoms with Crippen molar-refractivity contribution in [3.63, 3.8) is 0 Å². The molecule has 2 heterocycles. The third-order valence-electron chi connectivity index (χ3n) is 4.49. The summed E-state index contributed by atoms with van der Waals surface area (Å²) < 4.78 is 54.1.